The largest absolute Gasteiger partial charge is 0.379 e. The van der Waals surface area contributed by atoms with Gasteiger partial charge in [0, 0.05) is 19.6 Å². The van der Waals surface area contributed by atoms with Crippen molar-refractivity contribution in [1.29, 1.82) is 0 Å². The molecule has 1 aliphatic rings. The Morgan fingerprint density at radius 2 is 2.14 bits per heavy atom. The Morgan fingerprint density at radius 1 is 1.45 bits per heavy atom. The van der Waals surface area contributed by atoms with Gasteiger partial charge >= 0.3 is 0 Å². The molecule has 1 atom stereocenters. The lowest BCUT2D eigenvalue weighted by molar-refractivity contribution is -0.125. The van der Waals surface area contributed by atoms with Crippen LogP contribution in [0.1, 0.15) is 25.5 Å². The van der Waals surface area contributed by atoms with Crippen LogP contribution in [0.4, 0.5) is 4.39 Å². The highest BCUT2D eigenvalue weighted by atomic mass is 19.1. The average Bonchev–Trinajstić information content (AvgIpc) is 2.47. The first-order chi connectivity index (χ1) is 10.4. The molecule has 0 radical (unpaired) electrons. The van der Waals surface area contributed by atoms with Crippen molar-refractivity contribution < 1.29 is 13.9 Å². The second-order valence-electron chi connectivity index (χ2n) is 6.15. The molecular formula is C16H24FN3O2. The van der Waals surface area contributed by atoms with Crippen LogP contribution in [0.25, 0.3) is 0 Å². The number of halogens is 1. The summed E-state index contributed by atoms with van der Waals surface area (Å²) in [4.78, 5) is 14.2. The molecule has 1 fully saturated rings. The Kier molecular flexibility index (Phi) is 5.50. The second kappa shape index (κ2) is 7.17. The van der Waals surface area contributed by atoms with E-state index in [-0.39, 0.29) is 17.8 Å². The van der Waals surface area contributed by atoms with Crippen LogP contribution in [0.15, 0.2) is 24.3 Å². The minimum Gasteiger partial charge on any atom is -0.379 e. The van der Waals surface area contributed by atoms with Crippen molar-refractivity contribution in [3.8, 4) is 0 Å². The summed E-state index contributed by atoms with van der Waals surface area (Å²) in [7, 11) is 0. The number of ether oxygens (including phenoxy) is 1. The number of rotatable bonds is 5. The van der Waals surface area contributed by atoms with Crippen molar-refractivity contribution >= 4 is 5.91 Å². The number of benzene rings is 1. The Hall–Kier alpha value is -1.50. The standard InChI is InChI=1S/C16H24FN3O2/c1-16(2,18)15(21)19-11-14(20-6-8-22-9-7-20)12-4-3-5-13(17)10-12/h3-5,10,14H,6-9,11,18H2,1-2H3,(H,19,21). The monoisotopic (exact) mass is 309 g/mol. The molecule has 3 N–H and O–H groups in total. The predicted octanol–water partition coefficient (Wildman–Crippen LogP) is 1.05. The fraction of sp³-hybridized carbons (Fsp3) is 0.562. The minimum atomic E-state index is -0.933. The summed E-state index contributed by atoms with van der Waals surface area (Å²) in [6, 6.07) is 6.41. The van der Waals surface area contributed by atoms with Gasteiger partial charge < -0.3 is 15.8 Å². The number of carbonyl (C=O) groups excluding carboxylic acids is 1. The summed E-state index contributed by atoms with van der Waals surface area (Å²) >= 11 is 0. The van der Waals surface area contributed by atoms with Gasteiger partial charge in [-0.2, -0.15) is 0 Å². The molecule has 1 aromatic carbocycles. The van der Waals surface area contributed by atoms with E-state index in [0.29, 0.717) is 19.8 Å². The highest BCUT2D eigenvalue weighted by Gasteiger charge is 2.26. The van der Waals surface area contributed by atoms with Crippen LogP contribution in [0.2, 0.25) is 0 Å². The van der Waals surface area contributed by atoms with Gasteiger partial charge in [0.05, 0.1) is 24.8 Å². The molecule has 0 aromatic heterocycles. The summed E-state index contributed by atoms with van der Waals surface area (Å²) in [5, 5.41) is 2.87. The zero-order valence-corrected chi connectivity index (χ0v) is 13.1. The smallest absolute Gasteiger partial charge is 0.239 e. The molecule has 122 valence electrons. The molecule has 0 saturated carbocycles. The van der Waals surface area contributed by atoms with Gasteiger partial charge in [-0.3, -0.25) is 9.69 Å². The van der Waals surface area contributed by atoms with E-state index in [1.807, 2.05) is 6.07 Å². The molecule has 1 amide bonds. The summed E-state index contributed by atoms with van der Waals surface area (Å²) in [6.45, 7) is 6.50. The van der Waals surface area contributed by atoms with Crippen LogP contribution < -0.4 is 11.1 Å². The Bertz CT molecular complexity index is 510. The van der Waals surface area contributed by atoms with Gasteiger partial charge in [-0.1, -0.05) is 12.1 Å². The van der Waals surface area contributed by atoms with Crippen LogP contribution in [-0.4, -0.2) is 49.2 Å². The molecular weight excluding hydrogens is 285 g/mol. The van der Waals surface area contributed by atoms with E-state index in [1.165, 1.54) is 12.1 Å². The van der Waals surface area contributed by atoms with E-state index in [1.54, 1.807) is 19.9 Å². The van der Waals surface area contributed by atoms with Crippen molar-refractivity contribution in [3.05, 3.63) is 35.6 Å². The second-order valence-corrected chi connectivity index (χ2v) is 6.15. The van der Waals surface area contributed by atoms with Crippen molar-refractivity contribution in [2.45, 2.75) is 25.4 Å². The van der Waals surface area contributed by atoms with Crippen LogP contribution in [0.5, 0.6) is 0 Å². The van der Waals surface area contributed by atoms with Gasteiger partial charge in [0.25, 0.3) is 0 Å². The fourth-order valence-electron chi connectivity index (χ4n) is 2.48. The first kappa shape index (κ1) is 16.9. The molecule has 6 heteroatoms. The summed E-state index contributed by atoms with van der Waals surface area (Å²) < 4.78 is 18.9. The van der Waals surface area contributed by atoms with E-state index < -0.39 is 5.54 Å². The quantitative estimate of drug-likeness (QED) is 0.853. The van der Waals surface area contributed by atoms with E-state index in [4.69, 9.17) is 10.5 Å². The molecule has 5 nitrogen and oxygen atoms in total. The lowest BCUT2D eigenvalue weighted by atomic mass is 10.0. The third kappa shape index (κ3) is 4.50. The van der Waals surface area contributed by atoms with Gasteiger partial charge in [-0.05, 0) is 31.5 Å². The highest BCUT2D eigenvalue weighted by molar-refractivity contribution is 5.85. The third-order valence-corrected chi connectivity index (χ3v) is 3.76. The normalized spacial score (nSPS) is 18.0. The minimum absolute atomic E-state index is 0.0918. The van der Waals surface area contributed by atoms with Crippen molar-refractivity contribution in [2.24, 2.45) is 5.73 Å². The maximum Gasteiger partial charge on any atom is 0.239 e. The average molecular weight is 309 g/mol. The van der Waals surface area contributed by atoms with Gasteiger partial charge in [0.15, 0.2) is 0 Å². The van der Waals surface area contributed by atoms with Crippen LogP contribution in [0.3, 0.4) is 0 Å². The van der Waals surface area contributed by atoms with E-state index in [2.05, 4.69) is 10.2 Å². The van der Waals surface area contributed by atoms with Crippen molar-refractivity contribution in [1.82, 2.24) is 10.2 Å². The first-order valence-electron chi connectivity index (χ1n) is 7.52. The third-order valence-electron chi connectivity index (χ3n) is 3.76. The molecule has 1 aromatic rings. The zero-order valence-electron chi connectivity index (χ0n) is 13.1. The van der Waals surface area contributed by atoms with Gasteiger partial charge in [0.1, 0.15) is 5.82 Å². The van der Waals surface area contributed by atoms with Crippen molar-refractivity contribution in [2.75, 3.05) is 32.8 Å². The molecule has 1 aliphatic heterocycles. The van der Waals surface area contributed by atoms with E-state index >= 15 is 0 Å². The van der Waals surface area contributed by atoms with Gasteiger partial charge in [-0.25, -0.2) is 4.39 Å². The first-order valence-corrected chi connectivity index (χ1v) is 7.52. The number of nitrogens with two attached hydrogens (primary N) is 1. The molecule has 0 aliphatic carbocycles. The maximum absolute atomic E-state index is 13.5. The molecule has 2 rings (SSSR count). The highest BCUT2D eigenvalue weighted by Crippen LogP contribution is 2.22. The van der Waals surface area contributed by atoms with E-state index in [0.717, 1.165) is 18.7 Å². The van der Waals surface area contributed by atoms with Crippen molar-refractivity contribution in [3.63, 3.8) is 0 Å². The zero-order chi connectivity index (χ0) is 16.2. The molecule has 0 bridgehead atoms. The summed E-state index contributed by atoms with van der Waals surface area (Å²) in [5.74, 6) is -0.497. The van der Waals surface area contributed by atoms with E-state index in [9.17, 15) is 9.18 Å². The number of hydrogen-bond donors (Lipinski definition) is 2. The number of nitrogens with one attached hydrogen (secondary N) is 1. The van der Waals surface area contributed by atoms with Gasteiger partial charge in [0.2, 0.25) is 5.91 Å². The van der Waals surface area contributed by atoms with Crippen LogP contribution in [-0.2, 0) is 9.53 Å². The number of carbonyl (C=O) groups is 1. The Labute approximate surface area is 130 Å². The Balaban J connectivity index is 2.13. The topological polar surface area (TPSA) is 67.6 Å². The maximum atomic E-state index is 13.5. The fourth-order valence-corrected chi connectivity index (χ4v) is 2.48. The number of morpholine rings is 1. The predicted molar refractivity (Wildman–Crippen MR) is 82.8 cm³/mol. The lowest BCUT2D eigenvalue weighted by Gasteiger charge is -2.35. The summed E-state index contributed by atoms with van der Waals surface area (Å²) in [5.41, 5.74) is 5.71. The molecule has 0 spiro atoms. The van der Waals surface area contributed by atoms with Gasteiger partial charge in [-0.15, -0.1) is 0 Å². The van der Waals surface area contributed by atoms with Crippen LogP contribution in [0, 0.1) is 5.82 Å². The lowest BCUT2D eigenvalue weighted by Crippen LogP contribution is -2.51. The molecule has 1 saturated heterocycles. The number of amides is 1. The molecule has 22 heavy (non-hydrogen) atoms. The van der Waals surface area contributed by atoms with Crippen LogP contribution >= 0.6 is 0 Å². The molecule has 1 heterocycles. The SMILES string of the molecule is CC(C)(N)C(=O)NCC(c1cccc(F)c1)N1CCOCC1. The number of nitrogens with zero attached hydrogens (tertiary/aromatic N) is 1. The Morgan fingerprint density at radius 3 is 2.73 bits per heavy atom. The molecule has 1 unspecified atom stereocenters. The summed E-state index contributed by atoms with van der Waals surface area (Å²) in [6.07, 6.45) is 0. The number of hydrogen-bond acceptors (Lipinski definition) is 4.